The van der Waals surface area contributed by atoms with Crippen molar-refractivity contribution in [2.24, 2.45) is 0 Å². The molecule has 0 aromatic carbocycles. The zero-order valence-corrected chi connectivity index (χ0v) is 10.4. The molecule has 1 rings (SSSR count). The van der Waals surface area contributed by atoms with Crippen LogP contribution in [-0.4, -0.2) is 60.8 Å². The van der Waals surface area contributed by atoms with Gasteiger partial charge in [0.15, 0.2) is 0 Å². The molecule has 1 saturated carbocycles. The van der Waals surface area contributed by atoms with Crippen molar-refractivity contribution in [1.29, 1.82) is 0 Å². The van der Waals surface area contributed by atoms with Gasteiger partial charge >= 0.3 is 0 Å². The van der Waals surface area contributed by atoms with Crippen molar-refractivity contribution in [3.05, 3.63) is 0 Å². The molecule has 0 aromatic rings. The number of hydrogen-bond donors (Lipinski definition) is 1. The fourth-order valence-electron chi connectivity index (χ4n) is 2.81. The molecule has 0 unspecified atom stereocenters. The molecule has 1 aliphatic rings. The van der Waals surface area contributed by atoms with E-state index >= 15 is 0 Å². The van der Waals surface area contributed by atoms with Crippen LogP contribution in [0.4, 0.5) is 0 Å². The van der Waals surface area contributed by atoms with Crippen molar-refractivity contribution in [1.82, 2.24) is 9.80 Å². The SMILES string of the molecule is CCN(CCO)[C@H]1CCCC[C@H]1N(C)C. The molecule has 0 aromatic heterocycles. The second-order valence-electron chi connectivity index (χ2n) is 4.73. The van der Waals surface area contributed by atoms with E-state index in [4.69, 9.17) is 5.11 Å². The van der Waals surface area contributed by atoms with Gasteiger partial charge in [-0.3, -0.25) is 4.90 Å². The fourth-order valence-corrected chi connectivity index (χ4v) is 2.81. The lowest BCUT2D eigenvalue weighted by molar-refractivity contribution is 0.0643. The van der Waals surface area contributed by atoms with E-state index < -0.39 is 0 Å². The number of nitrogens with zero attached hydrogens (tertiary/aromatic N) is 2. The minimum Gasteiger partial charge on any atom is -0.395 e. The highest BCUT2D eigenvalue weighted by molar-refractivity contribution is 4.87. The minimum absolute atomic E-state index is 0.282. The summed E-state index contributed by atoms with van der Waals surface area (Å²) in [4.78, 5) is 4.79. The molecule has 1 fully saturated rings. The van der Waals surface area contributed by atoms with Gasteiger partial charge in [0.2, 0.25) is 0 Å². The average molecular weight is 214 g/mol. The van der Waals surface area contributed by atoms with Gasteiger partial charge in [-0.25, -0.2) is 0 Å². The van der Waals surface area contributed by atoms with E-state index in [1.807, 2.05) is 0 Å². The van der Waals surface area contributed by atoms with Crippen molar-refractivity contribution < 1.29 is 5.11 Å². The molecular formula is C12H26N2O. The third-order valence-electron chi connectivity index (χ3n) is 3.62. The number of aliphatic hydroxyl groups excluding tert-OH is 1. The van der Waals surface area contributed by atoms with Crippen molar-refractivity contribution in [2.75, 3.05) is 33.8 Å². The average Bonchev–Trinajstić information content (AvgIpc) is 2.26. The molecule has 0 heterocycles. The van der Waals surface area contributed by atoms with Crippen LogP contribution in [0.25, 0.3) is 0 Å². The summed E-state index contributed by atoms with van der Waals surface area (Å²) in [5, 5.41) is 9.07. The van der Waals surface area contributed by atoms with E-state index in [0.29, 0.717) is 12.1 Å². The molecule has 0 amide bonds. The summed E-state index contributed by atoms with van der Waals surface area (Å²) in [5.74, 6) is 0. The Morgan fingerprint density at radius 3 is 2.20 bits per heavy atom. The normalized spacial score (nSPS) is 27.6. The van der Waals surface area contributed by atoms with Crippen molar-refractivity contribution >= 4 is 0 Å². The van der Waals surface area contributed by atoms with E-state index in [1.54, 1.807) is 0 Å². The second kappa shape index (κ2) is 6.46. The first kappa shape index (κ1) is 12.9. The minimum atomic E-state index is 0.282. The van der Waals surface area contributed by atoms with E-state index in [1.165, 1.54) is 25.7 Å². The first-order valence-corrected chi connectivity index (χ1v) is 6.22. The highest BCUT2D eigenvalue weighted by atomic mass is 16.3. The Bertz CT molecular complexity index is 173. The molecule has 3 heteroatoms. The van der Waals surface area contributed by atoms with Gasteiger partial charge in [-0.15, -0.1) is 0 Å². The van der Waals surface area contributed by atoms with Gasteiger partial charge < -0.3 is 10.0 Å². The molecule has 1 N–H and O–H groups in total. The summed E-state index contributed by atoms with van der Waals surface area (Å²) in [6.45, 7) is 4.35. The van der Waals surface area contributed by atoms with E-state index in [0.717, 1.165) is 13.1 Å². The number of likely N-dealkylation sites (N-methyl/N-ethyl adjacent to an activating group) is 2. The third-order valence-corrected chi connectivity index (χ3v) is 3.62. The molecule has 15 heavy (non-hydrogen) atoms. The Morgan fingerprint density at radius 1 is 1.13 bits per heavy atom. The Morgan fingerprint density at radius 2 is 1.73 bits per heavy atom. The molecule has 1 aliphatic carbocycles. The van der Waals surface area contributed by atoms with Crippen LogP contribution in [0.1, 0.15) is 32.6 Å². The molecule has 2 atom stereocenters. The molecule has 3 nitrogen and oxygen atoms in total. The fraction of sp³-hybridized carbons (Fsp3) is 1.00. The Hall–Kier alpha value is -0.120. The van der Waals surface area contributed by atoms with Crippen LogP contribution in [0.3, 0.4) is 0 Å². The van der Waals surface area contributed by atoms with E-state index in [2.05, 4.69) is 30.8 Å². The van der Waals surface area contributed by atoms with Gasteiger partial charge in [0.05, 0.1) is 6.61 Å². The molecule has 0 spiro atoms. The van der Waals surface area contributed by atoms with Crippen LogP contribution in [0, 0.1) is 0 Å². The molecule has 0 bridgehead atoms. The molecule has 0 aliphatic heterocycles. The van der Waals surface area contributed by atoms with Gasteiger partial charge in [0.1, 0.15) is 0 Å². The van der Waals surface area contributed by atoms with Crippen LogP contribution >= 0.6 is 0 Å². The number of hydrogen-bond acceptors (Lipinski definition) is 3. The number of aliphatic hydroxyl groups is 1. The maximum absolute atomic E-state index is 9.07. The highest BCUT2D eigenvalue weighted by Crippen LogP contribution is 2.25. The van der Waals surface area contributed by atoms with Gasteiger partial charge in [0.25, 0.3) is 0 Å². The standard InChI is InChI=1S/C12H26N2O/c1-4-14(9-10-15)12-8-6-5-7-11(12)13(2)3/h11-12,15H,4-10H2,1-3H3/t11-,12+/m1/s1. The lowest BCUT2D eigenvalue weighted by Crippen LogP contribution is -2.51. The van der Waals surface area contributed by atoms with Crippen LogP contribution in [0.15, 0.2) is 0 Å². The topological polar surface area (TPSA) is 26.7 Å². The van der Waals surface area contributed by atoms with Crippen molar-refractivity contribution in [3.8, 4) is 0 Å². The Labute approximate surface area is 94.1 Å². The Kier molecular flexibility index (Phi) is 5.58. The maximum atomic E-state index is 9.07. The summed E-state index contributed by atoms with van der Waals surface area (Å²) in [5.41, 5.74) is 0. The summed E-state index contributed by atoms with van der Waals surface area (Å²) in [7, 11) is 4.35. The molecule has 0 radical (unpaired) electrons. The van der Waals surface area contributed by atoms with Crippen LogP contribution in [0.5, 0.6) is 0 Å². The smallest absolute Gasteiger partial charge is 0.0558 e. The summed E-state index contributed by atoms with van der Waals surface area (Å²) < 4.78 is 0. The number of rotatable bonds is 5. The van der Waals surface area contributed by atoms with E-state index in [9.17, 15) is 0 Å². The predicted molar refractivity (Wildman–Crippen MR) is 64.1 cm³/mol. The maximum Gasteiger partial charge on any atom is 0.0558 e. The lowest BCUT2D eigenvalue weighted by atomic mass is 9.88. The van der Waals surface area contributed by atoms with Crippen LogP contribution in [0.2, 0.25) is 0 Å². The van der Waals surface area contributed by atoms with Gasteiger partial charge in [0, 0.05) is 18.6 Å². The van der Waals surface area contributed by atoms with Gasteiger partial charge in [-0.05, 0) is 33.5 Å². The van der Waals surface area contributed by atoms with Gasteiger partial charge in [-0.2, -0.15) is 0 Å². The molecular weight excluding hydrogens is 188 g/mol. The van der Waals surface area contributed by atoms with E-state index in [-0.39, 0.29) is 6.61 Å². The quantitative estimate of drug-likeness (QED) is 0.744. The summed E-state index contributed by atoms with van der Waals surface area (Å²) >= 11 is 0. The molecule has 0 saturated heterocycles. The summed E-state index contributed by atoms with van der Waals surface area (Å²) in [6.07, 6.45) is 5.29. The van der Waals surface area contributed by atoms with Crippen molar-refractivity contribution in [2.45, 2.75) is 44.7 Å². The highest BCUT2D eigenvalue weighted by Gasteiger charge is 2.30. The first-order valence-electron chi connectivity index (χ1n) is 6.22. The molecule has 90 valence electrons. The van der Waals surface area contributed by atoms with Gasteiger partial charge in [-0.1, -0.05) is 19.8 Å². The summed E-state index contributed by atoms with van der Waals surface area (Å²) in [6, 6.07) is 1.32. The van der Waals surface area contributed by atoms with Crippen LogP contribution < -0.4 is 0 Å². The second-order valence-corrected chi connectivity index (χ2v) is 4.73. The first-order chi connectivity index (χ1) is 7.20. The van der Waals surface area contributed by atoms with Crippen molar-refractivity contribution in [3.63, 3.8) is 0 Å². The van der Waals surface area contributed by atoms with Crippen LogP contribution in [-0.2, 0) is 0 Å². The lowest BCUT2D eigenvalue weighted by Gasteiger charge is -2.42. The Balaban J connectivity index is 2.60. The zero-order valence-electron chi connectivity index (χ0n) is 10.4. The predicted octanol–water partition coefficient (Wildman–Crippen LogP) is 1.17. The largest absolute Gasteiger partial charge is 0.395 e. The monoisotopic (exact) mass is 214 g/mol. The third kappa shape index (κ3) is 3.44. The zero-order chi connectivity index (χ0) is 11.3.